The van der Waals surface area contributed by atoms with Crippen LogP contribution in [0.3, 0.4) is 0 Å². The van der Waals surface area contributed by atoms with Crippen LogP contribution in [0.4, 0.5) is 0 Å². The largest absolute Gasteiger partial charge is 0.455 e. The van der Waals surface area contributed by atoms with Gasteiger partial charge in [0.25, 0.3) is 0 Å². The molecule has 2 aromatic heterocycles. The lowest BCUT2D eigenvalue weighted by molar-refractivity contribution is 0.671. The Bertz CT molecular complexity index is 2580. The molecule has 2 heterocycles. The molecule has 0 aliphatic heterocycles. The Balaban J connectivity index is 1.39. The number of furan rings is 1. The molecule has 0 bridgehead atoms. The smallest absolute Gasteiger partial charge is 0.143 e. The highest BCUT2D eigenvalue weighted by atomic mass is 16.3. The number of nitrogens with zero attached hydrogens (tertiary/aromatic N) is 2. The van der Waals surface area contributed by atoms with Crippen LogP contribution in [-0.4, -0.2) is 4.57 Å². The second-order valence-electron chi connectivity index (χ2n) is 10.9. The molecule has 42 heavy (non-hydrogen) atoms. The number of hydrogen-bond acceptors (Lipinski definition) is 2. The van der Waals surface area contributed by atoms with Crippen molar-refractivity contribution in [2.45, 2.75) is 0 Å². The van der Waals surface area contributed by atoms with Gasteiger partial charge in [-0.05, 0) is 87.8 Å². The van der Waals surface area contributed by atoms with Gasteiger partial charge in [0.15, 0.2) is 0 Å². The van der Waals surface area contributed by atoms with Gasteiger partial charge in [-0.15, -0.1) is 0 Å². The van der Waals surface area contributed by atoms with Gasteiger partial charge in [0.05, 0.1) is 22.7 Å². The zero-order valence-electron chi connectivity index (χ0n) is 22.5. The van der Waals surface area contributed by atoms with Crippen molar-refractivity contribution < 1.29 is 4.42 Å². The first-order chi connectivity index (χ1) is 20.8. The quantitative estimate of drug-likeness (QED) is 0.221. The number of rotatable bonds is 2. The van der Waals surface area contributed by atoms with E-state index in [0.717, 1.165) is 60.6 Å². The van der Waals surface area contributed by atoms with Crippen LogP contribution in [0, 0.1) is 11.3 Å². The van der Waals surface area contributed by atoms with Crippen molar-refractivity contribution in [3.8, 4) is 22.9 Å². The van der Waals surface area contributed by atoms with Crippen LogP contribution in [0.2, 0.25) is 0 Å². The molecule has 0 aliphatic rings. The van der Waals surface area contributed by atoms with E-state index in [-0.39, 0.29) is 0 Å². The normalized spacial score (nSPS) is 11.8. The molecule has 9 aromatic rings. The summed E-state index contributed by atoms with van der Waals surface area (Å²) in [5, 5.41) is 18.9. The number of para-hydroxylation sites is 1. The van der Waals surface area contributed by atoms with Crippen molar-refractivity contribution in [3.05, 3.63) is 139 Å². The number of benzene rings is 7. The SMILES string of the molecule is N#Cc1ccc2c(c1)c1cc(-c3cc4ccccc4c4c3oc3cc5ccccc5cc34)ccc1n2-c1ccccc1. The third-order valence-electron chi connectivity index (χ3n) is 8.55. The summed E-state index contributed by atoms with van der Waals surface area (Å²) in [7, 11) is 0. The molecule has 3 nitrogen and oxygen atoms in total. The first-order valence-corrected chi connectivity index (χ1v) is 14.1. The molecular weight excluding hydrogens is 512 g/mol. The van der Waals surface area contributed by atoms with E-state index in [1.807, 2.05) is 18.2 Å². The fraction of sp³-hybridized carbons (Fsp3) is 0. The Kier molecular flexibility index (Phi) is 4.68. The van der Waals surface area contributed by atoms with Crippen LogP contribution in [0.1, 0.15) is 5.56 Å². The monoisotopic (exact) mass is 534 g/mol. The van der Waals surface area contributed by atoms with Crippen molar-refractivity contribution in [2.75, 3.05) is 0 Å². The minimum Gasteiger partial charge on any atom is -0.455 e. The van der Waals surface area contributed by atoms with E-state index in [1.54, 1.807) is 0 Å². The van der Waals surface area contributed by atoms with Crippen LogP contribution in [0.5, 0.6) is 0 Å². The number of hydrogen-bond donors (Lipinski definition) is 0. The summed E-state index contributed by atoms with van der Waals surface area (Å²) in [5.74, 6) is 0. The number of nitriles is 1. The maximum atomic E-state index is 9.71. The van der Waals surface area contributed by atoms with Crippen LogP contribution in [0.25, 0.3) is 82.1 Å². The van der Waals surface area contributed by atoms with Crippen molar-refractivity contribution >= 4 is 65.3 Å². The van der Waals surface area contributed by atoms with Crippen LogP contribution < -0.4 is 0 Å². The lowest BCUT2D eigenvalue weighted by atomic mass is 9.95. The Morgan fingerprint density at radius 2 is 1.24 bits per heavy atom. The molecule has 0 N–H and O–H groups in total. The van der Waals surface area contributed by atoms with Crippen LogP contribution >= 0.6 is 0 Å². The van der Waals surface area contributed by atoms with Gasteiger partial charge < -0.3 is 8.98 Å². The molecule has 7 aromatic carbocycles. The molecule has 0 atom stereocenters. The molecule has 0 saturated carbocycles. The fourth-order valence-corrected chi connectivity index (χ4v) is 6.64. The summed E-state index contributed by atoms with van der Waals surface area (Å²) in [4.78, 5) is 0. The minimum atomic E-state index is 0.650. The highest BCUT2D eigenvalue weighted by Crippen LogP contribution is 2.43. The fourth-order valence-electron chi connectivity index (χ4n) is 6.64. The third kappa shape index (κ3) is 3.21. The molecule has 0 unspecified atom stereocenters. The van der Waals surface area contributed by atoms with Gasteiger partial charge in [0, 0.05) is 32.8 Å². The van der Waals surface area contributed by atoms with E-state index < -0.39 is 0 Å². The van der Waals surface area contributed by atoms with E-state index in [1.165, 1.54) is 21.5 Å². The molecular formula is C39H22N2O. The Morgan fingerprint density at radius 3 is 2.05 bits per heavy atom. The number of fused-ring (bicyclic) bond motifs is 9. The molecule has 0 saturated heterocycles. The molecule has 194 valence electrons. The first-order valence-electron chi connectivity index (χ1n) is 14.1. The predicted molar refractivity (Wildman–Crippen MR) is 173 cm³/mol. The van der Waals surface area contributed by atoms with Gasteiger partial charge in [-0.1, -0.05) is 72.8 Å². The van der Waals surface area contributed by atoms with Gasteiger partial charge in [0.1, 0.15) is 11.2 Å². The second-order valence-corrected chi connectivity index (χ2v) is 10.9. The third-order valence-corrected chi connectivity index (χ3v) is 8.55. The van der Waals surface area contributed by atoms with E-state index in [4.69, 9.17) is 4.42 Å². The summed E-state index contributed by atoms with van der Waals surface area (Å²) in [5.41, 5.74) is 7.84. The second kappa shape index (κ2) is 8.57. The average Bonchev–Trinajstić information content (AvgIpc) is 3.58. The van der Waals surface area contributed by atoms with E-state index >= 15 is 0 Å². The summed E-state index contributed by atoms with van der Waals surface area (Å²) >= 11 is 0. The lowest BCUT2D eigenvalue weighted by Gasteiger charge is -2.09. The number of aromatic nitrogens is 1. The summed E-state index contributed by atoms with van der Waals surface area (Å²) < 4.78 is 8.99. The van der Waals surface area contributed by atoms with Crippen molar-refractivity contribution in [1.29, 1.82) is 5.26 Å². The molecule has 9 rings (SSSR count). The summed E-state index contributed by atoms with van der Waals surface area (Å²) in [6.07, 6.45) is 0. The van der Waals surface area contributed by atoms with Gasteiger partial charge in [-0.3, -0.25) is 0 Å². The Labute approximate surface area is 241 Å². The van der Waals surface area contributed by atoms with Crippen molar-refractivity contribution in [1.82, 2.24) is 4.57 Å². The standard InChI is InChI=1S/C39H22N2O/c40-23-24-14-16-35-32(18-24)33-21-28(15-17-36(33)41(35)29-11-2-1-3-12-29)31-20-27-10-6-7-13-30(27)38-34-19-25-8-4-5-9-26(25)22-37(34)42-39(31)38/h1-22H. The van der Waals surface area contributed by atoms with E-state index in [9.17, 15) is 5.26 Å². The maximum absolute atomic E-state index is 9.71. The van der Waals surface area contributed by atoms with E-state index in [0.29, 0.717) is 5.56 Å². The predicted octanol–water partition coefficient (Wildman–Crippen LogP) is 10.5. The summed E-state index contributed by atoms with van der Waals surface area (Å²) in [6, 6.07) is 49.0. The topological polar surface area (TPSA) is 41.9 Å². The highest BCUT2D eigenvalue weighted by molar-refractivity contribution is 6.24. The van der Waals surface area contributed by atoms with Crippen LogP contribution in [-0.2, 0) is 0 Å². The van der Waals surface area contributed by atoms with Gasteiger partial charge in [0.2, 0.25) is 0 Å². The van der Waals surface area contributed by atoms with Gasteiger partial charge in [-0.25, -0.2) is 0 Å². The molecule has 0 aliphatic carbocycles. The Morgan fingerprint density at radius 1 is 0.548 bits per heavy atom. The minimum absolute atomic E-state index is 0.650. The molecule has 0 spiro atoms. The average molecular weight is 535 g/mol. The van der Waals surface area contributed by atoms with Gasteiger partial charge in [-0.2, -0.15) is 5.26 Å². The highest BCUT2D eigenvalue weighted by Gasteiger charge is 2.19. The summed E-state index contributed by atoms with van der Waals surface area (Å²) in [6.45, 7) is 0. The van der Waals surface area contributed by atoms with Crippen molar-refractivity contribution in [2.24, 2.45) is 0 Å². The zero-order chi connectivity index (χ0) is 27.8. The molecule has 3 heteroatoms. The Hall–Kier alpha value is -5.85. The lowest BCUT2D eigenvalue weighted by Crippen LogP contribution is -1.93. The molecule has 0 amide bonds. The van der Waals surface area contributed by atoms with Crippen LogP contribution in [0.15, 0.2) is 138 Å². The van der Waals surface area contributed by atoms with Crippen molar-refractivity contribution in [3.63, 3.8) is 0 Å². The van der Waals surface area contributed by atoms with Gasteiger partial charge >= 0.3 is 0 Å². The zero-order valence-corrected chi connectivity index (χ0v) is 22.5. The molecule has 0 fully saturated rings. The molecule has 0 radical (unpaired) electrons. The maximum Gasteiger partial charge on any atom is 0.143 e. The first kappa shape index (κ1) is 22.9. The van der Waals surface area contributed by atoms with E-state index in [2.05, 4.69) is 126 Å².